The summed E-state index contributed by atoms with van der Waals surface area (Å²) >= 11 is 0. The lowest BCUT2D eigenvalue weighted by atomic mass is 9.83. The SMILES string of the molecule is CCOC(=O)CCC(C)(O)C(C)C(=O)CC. The molecule has 0 aromatic carbocycles. The Kier molecular flexibility index (Phi) is 6.26. The summed E-state index contributed by atoms with van der Waals surface area (Å²) in [6, 6.07) is 0. The molecule has 0 amide bonds. The number of ether oxygens (including phenoxy) is 1. The standard InChI is InChI=1S/C12H22O4/c1-5-10(13)9(3)12(4,15)8-7-11(14)16-6-2/h9,15H,5-8H2,1-4H3. The van der Waals surface area contributed by atoms with E-state index in [4.69, 9.17) is 4.74 Å². The third-order valence-electron chi connectivity index (χ3n) is 2.90. The maximum Gasteiger partial charge on any atom is 0.305 e. The van der Waals surface area contributed by atoms with Gasteiger partial charge in [-0.2, -0.15) is 0 Å². The van der Waals surface area contributed by atoms with E-state index in [2.05, 4.69) is 0 Å². The van der Waals surface area contributed by atoms with Crippen LogP contribution in [0.5, 0.6) is 0 Å². The molecule has 4 heteroatoms. The first kappa shape index (κ1) is 15.1. The van der Waals surface area contributed by atoms with Gasteiger partial charge in [0.15, 0.2) is 0 Å². The molecule has 0 rings (SSSR count). The number of ketones is 1. The van der Waals surface area contributed by atoms with E-state index in [1.165, 1.54) is 0 Å². The zero-order valence-corrected chi connectivity index (χ0v) is 10.6. The van der Waals surface area contributed by atoms with E-state index >= 15 is 0 Å². The Bertz CT molecular complexity index is 245. The lowest BCUT2D eigenvalue weighted by Gasteiger charge is -2.28. The molecule has 0 aliphatic rings. The fraction of sp³-hybridized carbons (Fsp3) is 0.833. The van der Waals surface area contributed by atoms with Gasteiger partial charge in [0.1, 0.15) is 5.78 Å². The number of Topliss-reactive ketones (excluding diaryl/α,β-unsaturated/α-hetero) is 1. The zero-order chi connectivity index (χ0) is 12.8. The van der Waals surface area contributed by atoms with Gasteiger partial charge < -0.3 is 9.84 Å². The third-order valence-corrected chi connectivity index (χ3v) is 2.90. The zero-order valence-electron chi connectivity index (χ0n) is 10.6. The van der Waals surface area contributed by atoms with Crippen molar-refractivity contribution in [1.29, 1.82) is 0 Å². The number of carbonyl (C=O) groups excluding carboxylic acids is 2. The minimum Gasteiger partial charge on any atom is -0.466 e. The van der Waals surface area contributed by atoms with Crippen molar-refractivity contribution in [2.75, 3.05) is 6.61 Å². The van der Waals surface area contributed by atoms with Crippen molar-refractivity contribution in [3.8, 4) is 0 Å². The Labute approximate surface area is 97.0 Å². The third kappa shape index (κ3) is 4.75. The molecule has 0 bridgehead atoms. The topological polar surface area (TPSA) is 63.6 Å². The first-order valence-electron chi connectivity index (χ1n) is 5.75. The van der Waals surface area contributed by atoms with Gasteiger partial charge in [-0.25, -0.2) is 0 Å². The van der Waals surface area contributed by atoms with E-state index in [0.717, 1.165) is 0 Å². The van der Waals surface area contributed by atoms with Gasteiger partial charge in [-0.15, -0.1) is 0 Å². The predicted octanol–water partition coefficient (Wildman–Crippen LogP) is 1.70. The molecule has 0 aliphatic heterocycles. The maximum atomic E-state index is 11.5. The Balaban J connectivity index is 4.23. The quantitative estimate of drug-likeness (QED) is 0.676. The second-order valence-electron chi connectivity index (χ2n) is 4.20. The number of esters is 1. The molecule has 2 atom stereocenters. The molecule has 16 heavy (non-hydrogen) atoms. The Hall–Kier alpha value is -0.900. The van der Waals surface area contributed by atoms with Crippen molar-refractivity contribution in [2.24, 2.45) is 5.92 Å². The minimum absolute atomic E-state index is 0.00820. The Morgan fingerprint density at radius 2 is 1.94 bits per heavy atom. The predicted molar refractivity (Wildman–Crippen MR) is 61.0 cm³/mol. The summed E-state index contributed by atoms with van der Waals surface area (Å²) in [6.07, 6.45) is 0.789. The molecule has 0 aliphatic carbocycles. The monoisotopic (exact) mass is 230 g/mol. The summed E-state index contributed by atoms with van der Waals surface area (Å²) in [6.45, 7) is 7.12. The number of rotatable bonds is 7. The van der Waals surface area contributed by atoms with Gasteiger partial charge in [0.25, 0.3) is 0 Å². The summed E-state index contributed by atoms with van der Waals surface area (Å²) in [5.74, 6) is -0.778. The van der Waals surface area contributed by atoms with E-state index in [-0.39, 0.29) is 24.6 Å². The van der Waals surface area contributed by atoms with Crippen molar-refractivity contribution in [3.63, 3.8) is 0 Å². The van der Waals surface area contributed by atoms with Crippen LogP contribution in [-0.2, 0) is 14.3 Å². The van der Waals surface area contributed by atoms with Gasteiger partial charge in [-0.05, 0) is 20.3 Å². The summed E-state index contributed by atoms with van der Waals surface area (Å²) in [5.41, 5.74) is -1.14. The Morgan fingerprint density at radius 1 is 1.38 bits per heavy atom. The highest BCUT2D eigenvalue weighted by atomic mass is 16.5. The molecule has 2 unspecified atom stereocenters. The molecular weight excluding hydrogens is 208 g/mol. The fourth-order valence-electron chi connectivity index (χ4n) is 1.46. The number of aliphatic hydroxyl groups is 1. The van der Waals surface area contributed by atoms with Gasteiger partial charge in [0, 0.05) is 18.8 Å². The van der Waals surface area contributed by atoms with Gasteiger partial charge in [-0.1, -0.05) is 13.8 Å². The average Bonchev–Trinajstić information content (AvgIpc) is 2.25. The first-order valence-corrected chi connectivity index (χ1v) is 5.75. The van der Waals surface area contributed by atoms with Crippen LogP contribution in [0.3, 0.4) is 0 Å². The molecule has 0 fully saturated rings. The van der Waals surface area contributed by atoms with Crippen molar-refractivity contribution in [3.05, 3.63) is 0 Å². The molecular formula is C12H22O4. The van der Waals surface area contributed by atoms with E-state index in [9.17, 15) is 14.7 Å². The van der Waals surface area contributed by atoms with Crippen LogP contribution >= 0.6 is 0 Å². The molecule has 0 saturated heterocycles. The molecule has 1 N–H and O–H groups in total. The van der Waals surface area contributed by atoms with Crippen molar-refractivity contribution < 1.29 is 19.4 Å². The van der Waals surface area contributed by atoms with Crippen molar-refractivity contribution >= 4 is 11.8 Å². The van der Waals surface area contributed by atoms with Crippen LogP contribution in [0.25, 0.3) is 0 Å². The summed E-state index contributed by atoms with van der Waals surface area (Å²) in [7, 11) is 0. The van der Waals surface area contributed by atoms with Crippen molar-refractivity contribution in [2.45, 2.75) is 52.6 Å². The highest BCUT2D eigenvalue weighted by molar-refractivity contribution is 5.81. The summed E-state index contributed by atoms with van der Waals surface area (Å²) in [4.78, 5) is 22.6. The van der Waals surface area contributed by atoms with Gasteiger partial charge in [0.05, 0.1) is 12.2 Å². The number of carbonyl (C=O) groups is 2. The highest BCUT2D eigenvalue weighted by Gasteiger charge is 2.32. The van der Waals surface area contributed by atoms with Crippen LogP contribution < -0.4 is 0 Å². The fourth-order valence-corrected chi connectivity index (χ4v) is 1.46. The number of hydrogen-bond donors (Lipinski definition) is 1. The van der Waals surface area contributed by atoms with Crippen LogP contribution in [0, 0.1) is 5.92 Å². The lowest BCUT2D eigenvalue weighted by molar-refractivity contribution is -0.146. The van der Waals surface area contributed by atoms with Gasteiger partial charge in [-0.3, -0.25) is 9.59 Å². The lowest BCUT2D eigenvalue weighted by Crippen LogP contribution is -2.38. The van der Waals surface area contributed by atoms with Crippen molar-refractivity contribution in [1.82, 2.24) is 0 Å². The maximum absolute atomic E-state index is 11.5. The second-order valence-corrected chi connectivity index (χ2v) is 4.20. The van der Waals surface area contributed by atoms with Crippen LogP contribution in [0.15, 0.2) is 0 Å². The van der Waals surface area contributed by atoms with E-state index in [1.807, 2.05) is 0 Å². The molecule has 0 heterocycles. The first-order chi connectivity index (χ1) is 7.35. The molecule has 94 valence electrons. The molecule has 0 aromatic rings. The molecule has 0 aromatic heterocycles. The van der Waals surface area contributed by atoms with Crippen LogP contribution in [0.2, 0.25) is 0 Å². The van der Waals surface area contributed by atoms with Gasteiger partial charge >= 0.3 is 5.97 Å². The smallest absolute Gasteiger partial charge is 0.305 e. The van der Waals surface area contributed by atoms with Crippen LogP contribution in [0.1, 0.15) is 47.0 Å². The minimum atomic E-state index is -1.14. The highest BCUT2D eigenvalue weighted by Crippen LogP contribution is 2.24. The van der Waals surface area contributed by atoms with E-state index in [1.54, 1.807) is 27.7 Å². The van der Waals surface area contributed by atoms with Crippen LogP contribution in [-0.4, -0.2) is 29.1 Å². The largest absolute Gasteiger partial charge is 0.466 e. The average molecular weight is 230 g/mol. The molecule has 4 nitrogen and oxygen atoms in total. The van der Waals surface area contributed by atoms with Gasteiger partial charge in [0.2, 0.25) is 0 Å². The van der Waals surface area contributed by atoms with E-state index < -0.39 is 11.5 Å². The summed E-state index contributed by atoms with van der Waals surface area (Å²) < 4.78 is 4.77. The number of hydrogen-bond acceptors (Lipinski definition) is 4. The Morgan fingerprint density at radius 3 is 2.38 bits per heavy atom. The molecule has 0 saturated carbocycles. The van der Waals surface area contributed by atoms with Crippen LogP contribution in [0.4, 0.5) is 0 Å². The second kappa shape index (κ2) is 6.63. The van der Waals surface area contributed by atoms with E-state index in [0.29, 0.717) is 13.0 Å². The molecule has 0 spiro atoms. The summed E-state index contributed by atoms with van der Waals surface area (Å²) in [5, 5.41) is 10.1. The molecule has 0 radical (unpaired) electrons. The normalized spacial score (nSPS) is 16.3.